The highest BCUT2D eigenvalue weighted by Crippen LogP contribution is 2.31. The second kappa shape index (κ2) is 10.6. The first-order chi connectivity index (χ1) is 16.2. The maximum atomic E-state index is 13.1. The van der Waals surface area contributed by atoms with Crippen molar-refractivity contribution in [2.24, 2.45) is 0 Å². The summed E-state index contributed by atoms with van der Waals surface area (Å²) in [7, 11) is 0.549. The van der Waals surface area contributed by atoms with Gasteiger partial charge in [0, 0.05) is 18.7 Å². The molecule has 3 aromatic rings. The van der Waals surface area contributed by atoms with Crippen molar-refractivity contribution in [2.75, 3.05) is 25.6 Å². The zero-order chi connectivity index (χ0) is 24.9. The van der Waals surface area contributed by atoms with Crippen LogP contribution in [0.1, 0.15) is 40.9 Å². The molecule has 1 atom stereocenters. The van der Waals surface area contributed by atoms with E-state index in [1.165, 1.54) is 33.4 Å². The van der Waals surface area contributed by atoms with Gasteiger partial charge in [-0.25, -0.2) is 8.42 Å². The molecular weight excluding hydrogens is 452 g/mol. The topological polar surface area (TPSA) is 84.9 Å². The summed E-state index contributed by atoms with van der Waals surface area (Å²) in [5, 5.41) is 3.05. The number of methoxy groups -OCH3 is 2. The minimum absolute atomic E-state index is 0.0679. The Hall–Kier alpha value is -3.52. The molecule has 0 spiro atoms. The molecule has 8 heteroatoms. The summed E-state index contributed by atoms with van der Waals surface area (Å²) in [5.41, 5.74) is 3.08. The maximum Gasteiger partial charge on any atom is 0.264 e. The molecule has 0 saturated heterocycles. The predicted molar refractivity (Wildman–Crippen MR) is 133 cm³/mol. The van der Waals surface area contributed by atoms with Crippen LogP contribution in [0.2, 0.25) is 0 Å². The van der Waals surface area contributed by atoms with Gasteiger partial charge in [0.2, 0.25) is 0 Å². The van der Waals surface area contributed by atoms with Gasteiger partial charge in [0.1, 0.15) is 0 Å². The van der Waals surface area contributed by atoms with E-state index in [9.17, 15) is 13.2 Å². The molecule has 0 heterocycles. The maximum absolute atomic E-state index is 13.1. The number of hydrogen-bond acceptors (Lipinski definition) is 5. The van der Waals surface area contributed by atoms with E-state index in [4.69, 9.17) is 9.47 Å². The van der Waals surface area contributed by atoms with Gasteiger partial charge in [-0.3, -0.25) is 9.10 Å². The fraction of sp³-hybridized carbons (Fsp3) is 0.269. The molecule has 0 aliphatic carbocycles. The van der Waals surface area contributed by atoms with Gasteiger partial charge in [-0.1, -0.05) is 36.8 Å². The van der Waals surface area contributed by atoms with E-state index in [1.54, 1.807) is 30.3 Å². The minimum atomic E-state index is -3.85. The molecule has 180 valence electrons. The Morgan fingerprint density at radius 1 is 0.941 bits per heavy atom. The van der Waals surface area contributed by atoms with Crippen molar-refractivity contribution in [3.8, 4) is 11.5 Å². The average Bonchev–Trinajstić information content (AvgIpc) is 2.86. The second-order valence-electron chi connectivity index (χ2n) is 7.88. The number of benzene rings is 3. The van der Waals surface area contributed by atoms with Gasteiger partial charge in [-0.15, -0.1) is 0 Å². The van der Waals surface area contributed by atoms with E-state index in [2.05, 4.69) is 5.32 Å². The molecule has 0 radical (unpaired) electrons. The van der Waals surface area contributed by atoms with Crippen LogP contribution < -0.4 is 19.1 Å². The van der Waals surface area contributed by atoms with Crippen LogP contribution in [0, 0.1) is 6.92 Å². The molecule has 0 saturated carbocycles. The van der Waals surface area contributed by atoms with E-state index in [1.807, 2.05) is 38.1 Å². The molecule has 0 bridgehead atoms. The Kier molecular flexibility index (Phi) is 7.83. The number of nitrogens with one attached hydrogen (secondary N) is 1. The summed E-state index contributed by atoms with van der Waals surface area (Å²) in [6.45, 7) is 4.04. The van der Waals surface area contributed by atoms with Crippen LogP contribution in [0.25, 0.3) is 0 Å². The van der Waals surface area contributed by atoms with Crippen molar-refractivity contribution in [2.45, 2.75) is 31.2 Å². The quantitative estimate of drug-likeness (QED) is 0.477. The van der Waals surface area contributed by atoms with Crippen LogP contribution in [0.4, 0.5) is 5.69 Å². The molecule has 1 amide bonds. The molecular formula is C26H30N2O5S. The predicted octanol–water partition coefficient (Wildman–Crippen LogP) is 4.72. The number of rotatable bonds is 9. The van der Waals surface area contributed by atoms with Gasteiger partial charge in [0.15, 0.2) is 11.5 Å². The molecule has 34 heavy (non-hydrogen) atoms. The van der Waals surface area contributed by atoms with Crippen molar-refractivity contribution < 1.29 is 22.7 Å². The molecule has 3 rings (SSSR count). The van der Waals surface area contributed by atoms with E-state index in [-0.39, 0.29) is 16.8 Å². The Balaban J connectivity index is 1.77. The van der Waals surface area contributed by atoms with E-state index in [0.717, 1.165) is 21.9 Å². The largest absolute Gasteiger partial charge is 0.493 e. The number of ether oxygens (including phenoxy) is 2. The van der Waals surface area contributed by atoms with Crippen LogP contribution in [-0.4, -0.2) is 35.6 Å². The summed E-state index contributed by atoms with van der Waals surface area (Å²) in [4.78, 5) is 12.9. The Morgan fingerprint density at radius 3 is 2.12 bits per heavy atom. The third-order valence-corrected chi connectivity index (χ3v) is 7.48. The highest BCUT2D eigenvalue weighted by Gasteiger charge is 2.23. The van der Waals surface area contributed by atoms with Gasteiger partial charge in [0.05, 0.1) is 30.8 Å². The van der Waals surface area contributed by atoms with E-state index >= 15 is 0 Å². The molecule has 7 nitrogen and oxygen atoms in total. The fourth-order valence-electron chi connectivity index (χ4n) is 3.56. The first kappa shape index (κ1) is 25.1. The van der Waals surface area contributed by atoms with Gasteiger partial charge >= 0.3 is 0 Å². The number of aryl methyl sites for hydroxylation is 1. The standard InChI is InChI=1S/C26H30N2O5S/c1-6-23(19-9-7-18(2)8-10-19)27-26(29)20-11-13-21(14-12-20)28(3)34(30,31)22-15-16-24(32-4)25(17-22)33-5/h7-17,23H,6H2,1-5H3,(H,27,29). The van der Waals surface area contributed by atoms with Crippen LogP contribution >= 0.6 is 0 Å². The highest BCUT2D eigenvalue weighted by molar-refractivity contribution is 7.92. The van der Waals surface area contributed by atoms with Gasteiger partial charge in [0.25, 0.3) is 15.9 Å². The zero-order valence-corrected chi connectivity index (χ0v) is 20.8. The molecule has 0 aliphatic rings. The van der Waals surface area contributed by atoms with Crippen molar-refractivity contribution >= 4 is 21.6 Å². The zero-order valence-electron chi connectivity index (χ0n) is 20.0. The van der Waals surface area contributed by atoms with E-state index < -0.39 is 10.0 Å². The van der Waals surface area contributed by atoms with Crippen LogP contribution in [0.3, 0.4) is 0 Å². The molecule has 1 N–H and O–H groups in total. The average molecular weight is 483 g/mol. The number of amides is 1. The van der Waals surface area contributed by atoms with Gasteiger partial charge in [-0.2, -0.15) is 0 Å². The summed E-state index contributed by atoms with van der Waals surface area (Å²) in [5.74, 6) is 0.544. The number of sulfonamides is 1. The van der Waals surface area contributed by atoms with Crippen molar-refractivity contribution in [1.29, 1.82) is 0 Å². The summed E-state index contributed by atoms with van der Waals surface area (Å²) < 4.78 is 37.8. The number of anilines is 1. The first-order valence-corrected chi connectivity index (χ1v) is 12.3. The third kappa shape index (κ3) is 5.34. The highest BCUT2D eigenvalue weighted by atomic mass is 32.2. The SMILES string of the molecule is CCC(NC(=O)c1ccc(N(C)S(=O)(=O)c2ccc(OC)c(OC)c2)cc1)c1ccc(C)cc1. The number of nitrogens with zero attached hydrogens (tertiary/aromatic N) is 1. The molecule has 0 aromatic heterocycles. The summed E-state index contributed by atoms with van der Waals surface area (Å²) >= 11 is 0. The molecule has 0 aliphatic heterocycles. The normalized spacial score (nSPS) is 12.0. The Morgan fingerprint density at radius 2 is 1.56 bits per heavy atom. The smallest absolute Gasteiger partial charge is 0.264 e. The lowest BCUT2D eigenvalue weighted by atomic mass is 10.0. The van der Waals surface area contributed by atoms with Crippen LogP contribution in [-0.2, 0) is 10.0 Å². The second-order valence-corrected chi connectivity index (χ2v) is 9.85. The number of hydrogen-bond donors (Lipinski definition) is 1. The Labute approximate surface area is 201 Å². The molecule has 3 aromatic carbocycles. The van der Waals surface area contributed by atoms with Crippen molar-refractivity contribution in [3.05, 3.63) is 83.4 Å². The first-order valence-electron chi connectivity index (χ1n) is 10.9. The molecule has 0 fully saturated rings. The lowest BCUT2D eigenvalue weighted by Gasteiger charge is -2.21. The minimum Gasteiger partial charge on any atom is -0.493 e. The van der Waals surface area contributed by atoms with Crippen LogP contribution in [0.15, 0.2) is 71.6 Å². The van der Waals surface area contributed by atoms with Crippen molar-refractivity contribution in [1.82, 2.24) is 5.32 Å². The number of carbonyl (C=O) groups is 1. The third-order valence-electron chi connectivity index (χ3n) is 5.70. The van der Waals surface area contributed by atoms with Crippen LogP contribution in [0.5, 0.6) is 11.5 Å². The fourth-order valence-corrected chi connectivity index (χ4v) is 4.77. The summed E-state index contributed by atoms with van der Waals surface area (Å²) in [6.07, 6.45) is 0.749. The van der Waals surface area contributed by atoms with Gasteiger partial charge < -0.3 is 14.8 Å². The molecule has 1 unspecified atom stereocenters. The van der Waals surface area contributed by atoms with E-state index in [0.29, 0.717) is 22.7 Å². The number of carbonyl (C=O) groups excluding carboxylic acids is 1. The van der Waals surface area contributed by atoms with Gasteiger partial charge in [-0.05, 0) is 55.3 Å². The lowest BCUT2D eigenvalue weighted by molar-refractivity contribution is 0.0935. The van der Waals surface area contributed by atoms with Crippen molar-refractivity contribution in [3.63, 3.8) is 0 Å². The monoisotopic (exact) mass is 482 g/mol. The summed E-state index contributed by atoms with van der Waals surface area (Å²) in [6, 6.07) is 18.8. The lowest BCUT2D eigenvalue weighted by Crippen LogP contribution is -2.28. The Bertz CT molecular complexity index is 1240.